The molecule has 7 nitrogen and oxygen atoms in total. The molecule has 320 valence electrons. The molecule has 7 heteroatoms. The number of carbonyl (C=O) groups excluding carboxylic acids is 2. The zero-order chi connectivity index (χ0) is 39.4. The lowest BCUT2D eigenvalue weighted by molar-refractivity contribution is -0.259. The summed E-state index contributed by atoms with van der Waals surface area (Å²) < 4.78 is 19.3. The highest BCUT2D eigenvalue weighted by Gasteiger charge is 2.37. The highest BCUT2D eigenvalue weighted by atomic mass is 16.7. The first-order valence-electron chi connectivity index (χ1n) is 23.9. The number of unbranched alkanes of at least 4 members (excludes halogenated alkanes) is 24. The third-order valence-corrected chi connectivity index (χ3v) is 11.4. The quantitative estimate of drug-likeness (QED) is 0.0364. The summed E-state index contributed by atoms with van der Waals surface area (Å²) in [6.45, 7) is 9.96. The first-order chi connectivity index (χ1) is 26.4. The molecule has 1 aliphatic rings. The van der Waals surface area contributed by atoms with Crippen LogP contribution in [0.25, 0.3) is 0 Å². The van der Waals surface area contributed by atoms with Crippen molar-refractivity contribution in [3.8, 4) is 0 Å². The second-order valence-corrected chi connectivity index (χ2v) is 16.8. The number of rotatable bonds is 40. The van der Waals surface area contributed by atoms with Crippen LogP contribution >= 0.6 is 0 Å². The van der Waals surface area contributed by atoms with Gasteiger partial charge in [0.2, 0.25) is 5.79 Å². The van der Waals surface area contributed by atoms with Gasteiger partial charge in [-0.25, -0.2) is 0 Å². The topological polar surface area (TPSA) is 94.1 Å². The van der Waals surface area contributed by atoms with Gasteiger partial charge in [-0.15, -0.1) is 0 Å². The van der Waals surface area contributed by atoms with E-state index < -0.39 is 11.9 Å². The maximum absolute atomic E-state index is 13.7. The van der Waals surface area contributed by atoms with Crippen LogP contribution in [0.1, 0.15) is 252 Å². The minimum atomic E-state index is -0.810. The van der Waals surface area contributed by atoms with Gasteiger partial charge in [-0.3, -0.25) is 9.59 Å². The predicted molar refractivity (Wildman–Crippen MR) is 227 cm³/mol. The molecule has 0 aromatic rings. The molecule has 2 atom stereocenters. The highest BCUT2D eigenvalue weighted by molar-refractivity contribution is 5.76. The second kappa shape index (κ2) is 36.2. The van der Waals surface area contributed by atoms with E-state index in [0.717, 1.165) is 70.6 Å². The molecule has 0 aliphatic carbocycles. The van der Waals surface area contributed by atoms with E-state index in [2.05, 4.69) is 33.0 Å². The standard InChI is InChI=1S/C47H91NO6/c1-5-9-13-17-22-28-34-43(35-29-23-18-14-10-6-2)53-47(37-31-25-19-15-11-7-3,38-32-26-20-16-12-8-4)54-45(50)36-30-24-21-27-33-39-52-46(51)44-40-42(49)41-48-44/h42-44,48-49H,5-41H2,1-4H3/t42?,44-/m0/s1. The highest BCUT2D eigenvalue weighted by Crippen LogP contribution is 2.34. The molecule has 0 radical (unpaired) electrons. The molecule has 1 fully saturated rings. The van der Waals surface area contributed by atoms with E-state index in [-0.39, 0.29) is 24.1 Å². The average molecular weight is 766 g/mol. The van der Waals surface area contributed by atoms with Crippen molar-refractivity contribution >= 4 is 11.9 Å². The van der Waals surface area contributed by atoms with E-state index in [0.29, 0.717) is 26.0 Å². The molecule has 1 rings (SSSR count). The third-order valence-electron chi connectivity index (χ3n) is 11.4. The van der Waals surface area contributed by atoms with Crippen molar-refractivity contribution < 1.29 is 28.9 Å². The van der Waals surface area contributed by atoms with Crippen molar-refractivity contribution in [3.63, 3.8) is 0 Å². The van der Waals surface area contributed by atoms with Crippen molar-refractivity contribution in [1.82, 2.24) is 5.32 Å². The maximum Gasteiger partial charge on any atom is 0.323 e. The van der Waals surface area contributed by atoms with E-state index >= 15 is 0 Å². The Morgan fingerprint density at radius 2 is 1.02 bits per heavy atom. The Labute approximate surface area is 335 Å². The van der Waals surface area contributed by atoms with E-state index in [1.807, 2.05) is 0 Å². The summed E-state index contributed by atoms with van der Waals surface area (Å²) in [5.41, 5.74) is 0. The maximum atomic E-state index is 13.7. The SMILES string of the molecule is CCCCCCCCC(CCCCCCCC)OC(CCCCCCCC)(CCCCCCCC)OC(=O)CCCCCCCOC(=O)[C@@H]1CC(O)CN1. The van der Waals surface area contributed by atoms with Crippen LogP contribution in [0.5, 0.6) is 0 Å². The number of hydrogen-bond donors (Lipinski definition) is 2. The number of aliphatic hydroxyl groups excluding tert-OH is 1. The van der Waals surface area contributed by atoms with E-state index in [1.54, 1.807) is 0 Å². The molecule has 2 N–H and O–H groups in total. The molecule has 0 amide bonds. The normalized spacial score (nSPS) is 16.0. The molecule has 1 unspecified atom stereocenters. The number of ether oxygens (including phenoxy) is 3. The van der Waals surface area contributed by atoms with Gasteiger partial charge in [0.25, 0.3) is 0 Å². The largest absolute Gasteiger partial charge is 0.465 e. The lowest BCUT2D eigenvalue weighted by Crippen LogP contribution is -2.42. The zero-order valence-electron chi connectivity index (χ0n) is 36.4. The van der Waals surface area contributed by atoms with Gasteiger partial charge in [-0.2, -0.15) is 0 Å². The number of hydrogen-bond acceptors (Lipinski definition) is 7. The lowest BCUT2D eigenvalue weighted by atomic mass is 9.97. The molecule has 0 aromatic heterocycles. The average Bonchev–Trinajstić information content (AvgIpc) is 3.61. The Morgan fingerprint density at radius 1 is 0.593 bits per heavy atom. The van der Waals surface area contributed by atoms with E-state index in [4.69, 9.17) is 14.2 Å². The van der Waals surface area contributed by atoms with Crippen LogP contribution < -0.4 is 5.32 Å². The Bertz CT molecular complexity index is 820. The number of esters is 2. The molecule has 0 spiro atoms. The predicted octanol–water partition coefficient (Wildman–Crippen LogP) is 13.2. The first-order valence-corrected chi connectivity index (χ1v) is 23.9. The van der Waals surface area contributed by atoms with Crippen LogP contribution in [0.15, 0.2) is 0 Å². The van der Waals surface area contributed by atoms with Gasteiger partial charge in [0.1, 0.15) is 6.04 Å². The van der Waals surface area contributed by atoms with Gasteiger partial charge in [-0.1, -0.05) is 188 Å². The minimum absolute atomic E-state index is 0.0926. The Morgan fingerprint density at radius 3 is 1.48 bits per heavy atom. The third kappa shape index (κ3) is 28.3. The minimum Gasteiger partial charge on any atom is -0.465 e. The van der Waals surface area contributed by atoms with E-state index in [9.17, 15) is 14.7 Å². The smallest absolute Gasteiger partial charge is 0.323 e. The summed E-state index contributed by atoms with van der Waals surface area (Å²) in [6, 6.07) is -0.384. The number of nitrogens with one attached hydrogen (secondary N) is 1. The summed E-state index contributed by atoms with van der Waals surface area (Å²) in [6.07, 6.45) is 38.9. The van der Waals surface area contributed by atoms with Gasteiger partial charge in [0.05, 0.1) is 18.8 Å². The summed E-state index contributed by atoms with van der Waals surface area (Å²) in [5, 5.41) is 12.7. The fraction of sp³-hybridized carbons (Fsp3) is 0.957. The summed E-state index contributed by atoms with van der Waals surface area (Å²) in [4.78, 5) is 25.9. The van der Waals surface area contributed by atoms with Gasteiger partial charge in [-0.05, 0) is 38.5 Å². The monoisotopic (exact) mass is 766 g/mol. The van der Waals surface area contributed by atoms with Crippen molar-refractivity contribution in [2.75, 3.05) is 13.2 Å². The van der Waals surface area contributed by atoms with Gasteiger partial charge >= 0.3 is 11.9 Å². The number of aliphatic hydroxyl groups is 1. The summed E-state index contributed by atoms with van der Waals surface area (Å²) in [5.74, 6) is -1.16. The number of carbonyl (C=O) groups is 2. The van der Waals surface area contributed by atoms with Crippen LogP contribution in [0.3, 0.4) is 0 Å². The van der Waals surface area contributed by atoms with E-state index in [1.165, 1.54) is 141 Å². The van der Waals surface area contributed by atoms with Crippen LogP contribution in [-0.4, -0.2) is 54.2 Å². The molecule has 1 saturated heterocycles. The van der Waals surface area contributed by atoms with Crippen LogP contribution in [0.4, 0.5) is 0 Å². The molecule has 0 aromatic carbocycles. The van der Waals surface area contributed by atoms with Crippen LogP contribution in [0, 0.1) is 0 Å². The van der Waals surface area contributed by atoms with Gasteiger partial charge in [0.15, 0.2) is 0 Å². The second-order valence-electron chi connectivity index (χ2n) is 16.8. The lowest BCUT2D eigenvalue weighted by Gasteiger charge is -2.37. The first kappa shape index (κ1) is 50.8. The molecular weight excluding hydrogens is 675 g/mol. The fourth-order valence-electron chi connectivity index (χ4n) is 7.92. The van der Waals surface area contributed by atoms with Crippen molar-refractivity contribution in [1.29, 1.82) is 0 Å². The molecule has 0 bridgehead atoms. The summed E-state index contributed by atoms with van der Waals surface area (Å²) in [7, 11) is 0. The van der Waals surface area contributed by atoms with Crippen molar-refractivity contribution in [3.05, 3.63) is 0 Å². The fourth-order valence-corrected chi connectivity index (χ4v) is 7.92. The Hall–Kier alpha value is -1.18. The molecule has 54 heavy (non-hydrogen) atoms. The Balaban J connectivity index is 2.88. The molecule has 1 heterocycles. The van der Waals surface area contributed by atoms with Gasteiger partial charge in [0, 0.05) is 32.2 Å². The summed E-state index contributed by atoms with van der Waals surface area (Å²) >= 11 is 0. The molecule has 1 aliphatic heterocycles. The zero-order valence-corrected chi connectivity index (χ0v) is 36.4. The van der Waals surface area contributed by atoms with Crippen molar-refractivity contribution in [2.45, 2.75) is 276 Å². The van der Waals surface area contributed by atoms with Crippen LogP contribution in [0.2, 0.25) is 0 Å². The van der Waals surface area contributed by atoms with Gasteiger partial charge < -0.3 is 24.6 Å². The van der Waals surface area contributed by atoms with Crippen LogP contribution in [-0.2, 0) is 23.8 Å². The van der Waals surface area contributed by atoms with Crippen molar-refractivity contribution in [2.24, 2.45) is 0 Å². The molecule has 0 saturated carbocycles. The number of β-amino-alcohol motifs (C(OH)–C–C–N with tert-alkyl or cyclic N) is 1. The Kier molecular flexibility index (Phi) is 34.1. The molecular formula is C47H91NO6.